The van der Waals surface area contributed by atoms with Crippen LogP contribution in [-0.4, -0.2) is 86.2 Å². The summed E-state index contributed by atoms with van der Waals surface area (Å²) >= 11 is 0. The smallest absolute Gasteiger partial charge is 0.248 e. The Labute approximate surface area is 143 Å². The van der Waals surface area contributed by atoms with Gasteiger partial charge in [-0.05, 0) is 20.3 Å². The van der Waals surface area contributed by atoms with Gasteiger partial charge in [0.25, 0.3) is 0 Å². The van der Waals surface area contributed by atoms with Crippen LogP contribution in [-0.2, 0) is 23.8 Å². The molecule has 0 aromatic heterocycles. The van der Waals surface area contributed by atoms with Gasteiger partial charge >= 0.3 is 0 Å². The van der Waals surface area contributed by atoms with Crippen molar-refractivity contribution < 1.29 is 28.9 Å². The Bertz CT molecular complexity index is 391. The Morgan fingerprint density at radius 1 is 1.25 bits per heavy atom. The number of hydrogen-bond acceptors (Lipinski definition) is 6. The second kappa shape index (κ2) is 11.4. The van der Waals surface area contributed by atoms with Gasteiger partial charge < -0.3 is 29.5 Å². The maximum absolute atomic E-state index is 12.2. The highest BCUT2D eigenvalue weighted by molar-refractivity contribution is 5.78. The molecule has 1 aliphatic heterocycles. The van der Waals surface area contributed by atoms with Crippen LogP contribution < -0.4 is 5.32 Å². The van der Waals surface area contributed by atoms with E-state index in [4.69, 9.17) is 14.2 Å². The number of carbonyl (C=O) groups is 2. The molecule has 0 spiro atoms. The number of carbonyl (C=O) groups excluding carboxylic acids is 2. The third kappa shape index (κ3) is 8.05. The summed E-state index contributed by atoms with van der Waals surface area (Å²) in [6.07, 6.45) is 0.700. The standard InChI is InChI=1S/C16H30N2O6/c1-12(2)24-15-8-14(10-19)18(9-15)16(21)11-23-7-6-22-5-4-17-13(3)20/h12,14-15,19H,4-11H2,1-3H3,(H,17,20)/t14-,15+/m0/s1. The summed E-state index contributed by atoms with van der Waals surface area (Å²) in [6.45, 7) is 7.24. The molecule has 8 heteroatoms. The highest BCUT2D eigenvalue weighted by Gasteiger charge is 2.35. The first kappa shape index (κ1) is 20.8. The van der Waals surface area contributed by atoms with E-state index in [9.17, 15) is 14.7 Å². The monoisotopic (exact) mass is 346 g/mol. The van der Waals surface area contributed by atoms with Crippen LogP contribution in [0.2, 0.25) is 0 Å². The van der Waals surface area contributed by atoms with Crippen molar-refractivity contribution in [3.63, 3.8) is 0 Å². The molecule has 1 fully saturated rings. The second-order valence-corrected chi connectivity index (χ2v) is 6.07. The third-order valence-electron chi connectivity index (χ3n) is 3.59. The van der Waals surface area contributed by atoms with Crippen LogP contribution in [0.15, 0.2) is 0 Å². The van der Waals surface area contributed by atoms with E-state index in [1.165, 1.54) is 6.92 Å². The highest BCUT2D eigenvalue weighted by atomic mass is 16.5. The largest absolute Gasteiger partial charge is 0.394 e. The topological polar surface area (TPSA) is 97.3 Å². The zero-order chi connectivity index (χ0) is 17.9. The summed E-state index contributed by atoms with van der Waals surface area (Å²) in [4.78, 5) is 24.5. The number of hydrogen-bond donors (Lipinski definition) is 2. The molecule has 0 aliphatic carbocycles. The summed E-state index contributed by atoms with van der Waals surface area (Å²) < 4.78 is 16.3. The van der Waals surface area contributed by atoms with Gasteiger partial charge in [-0.1, -0.05) is 0 Å². The molecule has 8 nitrogen and oxygen atoms in total. The summed E-state index contributed by atoms with van der Waals surface area (Å²) in [5.74, 6) is -0.244. The zero-order valence-electron chi connectivity index (χ0n) is 14.8. The lowest BCUT2D eigenvalue weighted by atomic mass is 10.2. The van der Waals surface area contributed by atoms with Gasteiger partial charge in [-0.15, -0.1) is 0 Å². The quantitative estimate of drug-likeness (QED) is 0.492. The fourth-order valence-corrected chi connectivity index (χ4v) is 2.60. The fourth-order valence-electron chi connectivity index (χ4n) is 2.60. The van der Waals surface area contributed by atoms with Crippen LogP contribution in [0.1, 0.15) is 27.2 Å². The lowest BCUT2D eigenvalue weighted by Crippen LogP contribution is -2.40. The van der Waals surface area contributed by atoms with Gasteiger partial charge in [0.15, 0.2) is 0 Å². The van der Waals surface area contributed by atoms with E-state index < -0.39 is 0 Å². The number of rotatable bonds is 11. The number of aliphatic hydroxyl groups is 1. The van der Waals surface area contributed by atoms with Gasteiger partial charge in [-0.3, -0.25) is 9.59 Å². The van der Waals surface area contributed by atoms with E-state index in [0.29, 0.717) is 39.3 Å². The van der Waals surface area contributed by atoms with Crippen LogP contribution >= 0.6 is 0 Å². The number of aliphatic hydroxyl groups excluding tert-OH is 1. The predicted molar refractivity (Wildman–Crippen MR) is 87.5 cm³/mol. The molecule has 24 heavy (non-hydrogen) atoms. The number of nitrogens with one attached hydrogen (secondary N) is 1. The summed E-state index contributed by atoms with van der Waals surface area (Å²) in [6, 6.07) is -0.209. The van der Waals surface area contributed by atoms with Crippen molar-refractivity contribution in [2.75, 3.05) is 46.1 Å². The van der Waals surface area contributed by atoms with Crippen LogP contribution in [0, 0.1) is 0 Å². The molecule has 1 heterocycles. The molecule has 140 valence electrons. The van der Waals surface area contributed by atoms with Crippen molar-refractivity contribution in [3.05, 3.63) is 0 Å². The molecular formula is C16H30N2O6. The Morgan fingerprint density at radius 3 is 2.58 bits per heavy atom. The lowest BCUT2D eigenvalue weighted by molar-refractivity contribution is -0.138. The van der Waals surface area contributed by atoms with Crippen LogP contribution in [0.4, 0.5) is 0 Å². The molecule has 1 aliphatic rings. The summed E-state index contributed by atoms with van der Waals surface area (Å²) in [7, 11) is 0. The minimum Gasteiger partial charge on any atom is -0.394 e. The Balaban J connectivity index is 2.16. The molecule has 1 saturated heterocycles. The van der Waals surface area contributed by atoms with Crippen molar-refractivity contribution >= 4 is 11.8 Å². The SMILES string of the molecule is CC(=O)NCCOCCOCC(=O)N1C[C@H](OC(C)C)C[C@H]1CO. The fraction of sp³-hybridized carbons (Fsp3) is 0.875. The van der Waals surface area contributed by atoms with Gasteiger partial charge in [0.1, 0.15) is 6.61 Å². The molecule has 2 amide bonds. The molecule has 0 saturated carbocycles. The molecule has 2 atom stereocenters. The Kier molecular flexibility index (Phi) is 9.85. The van der Waals surface area contributed by atoms with Crippen LogP contribution in [0.5, 0.6) is 0 Å². The first-order valence-corrected chi connectivity index (χ1v) is 8.39. The average molecular weight is 346 g/mol. The van der Waals surface area contributed by atoms with E-state index in [2.05, 4.69) is 5.32 Å². The second-order valence-electron chi connectivity index (χ2n) is 6.07. The van der Waals surface area contributed by atoms with E-state index in [1.807, 2.05) is 13.8 Å². The molecule has 2 N–H and O–H groups in total. The molecule has 0 aromatic rings. The third-order valence-corrected chi connectivity index (χ3v) is 3.59. The van der Waals surface area contributed by atoms with Gasteiger partial charge in [0.2, 0.25) is 11.8 Å². The van der Waals surface area contributed by atoms with E-state index >= 15 is 0 Å². The van der Waals surface area contributed by atoms with Crippen molar-refractivity contribution in [3.8, 4) is 0 Å². The van der Waals surface area contributed by atoms with Gasteiger partial charge in [0.05, 0.1) is 44.7 Å². The summed E-state index contributed by atoms with van der Waals surface area (Å²) in [5.41, 5.74) is 0. The zero-order valence-corrected chi connectivity index (χ0v) is 14.8. The Morgan fingerprint density at radius 2 is 1.96 bits per heavy atom. The van der Waals surface area contributed by atoms with Gasteiger partial charge in [-0.25, -0.2) is 0 Å². The van der Waals surface area contributed by atoms with Crippen molar-refractivity contribution in [1.29, 1.82) is 0 Å². The maximum atomic E-state index is 12.2. The summed E-state index contributed by atoms with van der Waals surface area (Å²) in [5, 5.41) is 12.0. The van der Waals surface area contributed by atoms with Gasteiger partial charge in [0, 0.05) is 20.0 Å². The molecule has 0 radical (unpaired) electrons. The number of amides is 2. The molecule has 1 rings (SSSR count). The van der Waals surface area contributed by atoms with Crippen LogP contribution in [0.3, 0.4) is 0 Å². The van der Waals surface area contributed by atoms with Crippen molar-refractivity contribution in [1.82, 2.24) is 10.2 Å². The van der Waals surface area contributed by atoms with Crippen molar-refractivity contribution in [2.24, 2.45) is 0 Å². The first-order chi connectivity index (χ1) is 11.4. The maximum Gasteiger partial charge on any atom is 0.248 e. The minimum atomic E-state index is -0.209. The molecule has 0 bridgehead atoms. The molecular weight excluding hydrogens is 316 g/mol. The normalized spacial score (nSPS) is 20.6. The van der Waals surface area contributed by atoms with E-state index in [0.717, 1.165) is 0 Å². The predicted octanol–water partition coefficient (Wildman–Crippen LogP) is -0.457. The number of ether oxygens (including phenoxy) is 3. The lowest BCUT2D eigenvalue weighted by Gasteiger charge is -2.22. The molecule has 0 aromatic carbocycles. The Hall–Kier alpha value is -1.22. The van der Waals surface area contributed by atoms with Gasteiger partial charge in [-0.2, -0.15) is 0 Å². The van der Waals surface area contributed by atoms with Crippen molar-refractivity contribution in [2.45, 2.75) is 45.4 Å². The number of nitrogens with zero attached hydrogens (tertiary/aromatic N) is 1. The minimum absolute atomic E-state index is 0.0387. The first-order valence-electron chi connectivity index (χ1n) is 8.39. The van der Waals surface area contributed by atoms with Crippen LogP contribution in [0.25, 0.3) is 0 Å². The molecule has 0 unspecified atom stereocenters. The highest BCUT2D eigenvalue weighted by Crippen LogP contribution is 2.21. The average Bonchev–Trinajstić information content (AvgIpc) is 2.91. The van der Waals surface area contributed by atoms with E-state index in [-0.39, 0.29) is 43.3 Å². The number of likely N-dealkylation sites (tertiary alicyclic amines) is 1. The van der Waals surface area contributed by atoms with E-state index in [1.54, 1.807) is 4.90 Å².